The zero-order chi connectivity index (χ0) is 24.4. The van der Waals surface area contributed by atoms with E-state index in [0.717, 1.165) is 10.1 Å². The van der Waals surface area contributed by atoms with Crippen molar-refractivity contribution in [3.63, 3.8) is 0 Å². The molecule has 0 saturated heterocycles. The summed E-state index contributed by atoms with van der Waals surface area (Å²) in [4.78, 5) is 42.7. The van der Waals surface area contributed by atoms with Gasteiger partial charge in [0.1, 0.15) is 5.82 Å². The first kappa shape index (κ1) is 23.2. The molecule has 10 heteroatoms. The molecule has 2 aromatic carbocycles. The van der Waals surface area contributed by atoms with Crippen LogP contribution in [0.15, 0.2) is 64.3 Å². The number of pyridine rings is 1. The van der Waals surface area contributed by atoms with E-state index >= 15 is 0 Å². The fourth-order valence-electron chi connectivity index (χ4n) is 3.57. The second-order valence-corrected chi connectivity index (χ2v) is 8.01. The predicted molar refractivity (Wildman–Crippen MR) is 126 cm³/mol. The first-order valence-corrected chi connectivity index (χ1v) is 10.6. The molecule has 2 aromatic heterocycles. The van der Waals surface area contributed by atoms with Crippen molar-refractivity contribution in [2.45, 2.75) is 13.1 Å². The molecular weight excluding hydrogens is 463 g/mol. The van der Waals surface area contributed by atoms with E-state index in [0.29, 0.717) is 17.0 Å². The largest absolute Gasteiger partial charge is 0.481 e. The number of amides is 1. The molecule has 1 N–H and O–H groups in total. The summed E-state index contributed by atoms with van der Waals surface area (Å²) >= 11 is 5.83. The first-order valence-electron chi connectivity index (χ1n) is 10.2. The molecule has 0 aliphatic heterocycles. The van der Waals surface area contributed by atoms with Crippen LogP contribution in [0, 0.1) is 5.82 Å². The highest BCUT2D eigenvalue weighted by molar-refractivity contribution is 6.30. The van der Waals surface area contributed by atoms with Gasteiger partial charge in [-0.05, 0) is 47.5 Å². The summed E-state index contributed by atoms with van der Waals surface area (Å²) in [5.74, 6) is -0.547. The van der Waals surface area contributed by atoms with Crippen LogP contribution < -0.4 is 21.3 Å². The minimum atomic E-state index is -0.593. The number of aryl methyl sites for hydroxylation is 1. The molecule has 1 amide bonds. The lowest BCUT2D eigenvalue weighted by molar-refractivity contribution is 0.0951. The molecule has 0 unspecified atom stereocenters. The number of carbonyl (C=O) groups excluding carboxylic acids is 1. The maximum atomic E-state index is 13.5. The highest BCUT2D eigenvalue weighted by Gasteiger charge is 2.15. The van der Waals surface area contributed by atoms with Gasteiger partial charge in [0.2, 0.25) is 5.88 Å². The Balaban J connectivity index is 1.66. The second kappa shape index (κ2) is 9.48. The minimum absolute atomic E-state index is 0.0955. The van der Waals surface area contributed by atoms with E-state index in [9.17, 15) is 18.8 Å². The van der Waals surface area contributed by atoms with E-state index in [2.05, 4.69) is 10.3 Å². The van der Waals surface area contributed by atoms with Crippen LogP contribution in [0.5, 0.6) is 5.88 Å². The van der Waals surface area contributed by atoms with Crippen LogP contribution in [-0.4, -0.2) is 27.1 Å². The summed E-state index contributed by atoms with van der Waals surface area (Å²) in [5, 5.41) is 2.89. The lowest BCUT2D eigenvalue weighted by Crippen LogP contribution is -2.39. The second-order valence-electron chi connectivity index (χ2n) is 7.60. The number of rotatable bonds is 6. The van der Waals surface area contributed by atoms with Gasteiger partial charge in [0.15, 0.2) is 0 Å². The number of carbonyl (C=O) groups is 1. The number of methoxy groups -OCH3 is 1. The molecule has 0 spiro atoms. The number of hydrogen-bond acceptors (Lipinski definition) is 5. The molecule has 0 bridgehead atoms. The molecule has 0 radical (unpaired) electrons. The molecule has 34 heavy (non-hydrogen) atoms. The van der Waals surface area contributed by atoms with E-state index in [4.69, 9.17) is 16.3 Å². The van der Waals surface area contributed by atoms with E-state index in [-0.39, 0.29) is 35.0 Å². The van der Waals surface area contributed by atoms with Crippen molar-refractivity contribution >= 4 is 28.4 Å². The van der Waals surface area contributed by atoms with Crippen LogP contribution in [0.2, 0.25) is 5.02 Å². The third-order valence-electron chi connectivity index (χ3n) is 5.40. The fraction of sp³-hybridized carbons (Fsp3) is 0.167. The number of hydrogen-bond donors (Lipinski definition) is 1. The molecule has 0 saturated carbocycles. The monoisotopic (exact) mass is 482 g/mol. The Bertz CT molecular complexity index is 1530. The number of fused-ring (bicyclic) bond motifs is 1. The summed E-state index contributed by atoms with van der Waals surface area (Å²) in [7, 11) is 3.04. The average Bonchev–Trinajstić information content (AvgIpc) is 2.85. The van der Waals surface area contributed by atoms with Gasteiger partial charge in [-0.2, -0.15) is 0 Å². The predicted octanol–water partition coefficient (Wildman–Crippen LogP) is 2.87. The SMILES string of the molecule is COc1cc(CNC(=O)c2ccc3c(c2)c(=O)n(Cc2ccc(F)c(Cl)c2)c(=O)n3C)ccn1. The van der Waals surface area contributed by atoms with Crippen molar-refractivity contribution in [2.24, 2.45) is 7.05 Å². The van der Waals surface area contributed by atoms with E-state index in [1.54, 1.807) is 30.5 Å². The lowest BCUT2D eigenvalue weighted by Gasteiger charge is -2.12. The summed E-state index contributed by atoms with van der Waals surface area (Å²) < 4.78 is 20.9. The minimum Gasteiger partial charge on any atom is -0.481 e. The summed E-state index contributed by atoms with van der Waals surface area (Å²) in [6.07, 6.45) is 1.58. The number of ether oxygens (including phenoxy) is 1. The van der Waals surface area contributed by atoms with Gasteiger partial charge in [-0.3, -0.25) is 18.7 Å². The van der Waals surface area contributed by atoms with Gasteiger partial charge in [0.25, 0.3) is 11.5 Å². The van der Waals surface area contributed by atoms with Gasteiger partial charge < -0.3 is 10.1 Å². The first-order chi connectivity index (χ1) is 16.3. The van der Waals surface area contributed by atoms with Crippen LogP contribution in [0.1, 0.15) is 21.5 Å². The van der Waals surface area contributed by atoms with Crippen molar-refractivity contribution in [1.82, 2.24) is 19.4 Å². The molecule has 0 aliphatic carbocycles. The molecular formula is C24H20ClFN4O4. The number of aromatic nitrogens is 3. The highest BCUT2D eigenvalue weighted by atomic mass is 35.5. The summed E-state index contributed by atoms with van der Waals surface area (Å²) in [5.41, 5.74) is 0.837. The molecule has 4 aromatic rings. The summed E-state index contributed by atoms with van der Waals surface area (Å²) in [6, 6.07) is 12.0. The normalized spacial score (nSPS) is 10.9. The highest BCUT2D eigenvalue weighted by Crippen LogP contribution is 2.17. The maximum absolute atomic E-state index is 13.5. The van der Waals surface area contributed by atoms with Gasteiger partial charge in [0.05, 0.1) is 29.6 Å². The Morgan fingerprint density at radius 2 is 1.91 bits per heavy atom. The Morgan fingerprint density at radius 3 is 2.65 bits per heavy atom. The van der Waals surface area contributed by atoms with Gasteiger partial charge in [0, 0.05) is 31.4 Å². The van der Waals surface area contributed by atoms with Gasteiger partial charge in [-0.15, -0.1) is 0 Å². The fourth-order valence-corrected chi connectivity index (χ4v) is 3.78. The van der Waals surface area contributed by atoms with E-state index in [1.807, 2.05) is 0 Å². The zero-order valence-corrected chi connectivity index (χ0v) is 19.1. The average molecular weight is 483 g/mol. The third kappa shape index (κ3) is 4.55. The standard InChI is InChI=1S/C24H20ClFN4O4/c1-29-20-6-4-16(22(31)28-12-14-7-8-27-21(10-14)34-2)11-17(20)23(32)30(24(29)33)13-15-3-5-19(26)18(25)9-15/h3-11H,12-13H2,1-2H3,(H,28,31). The quantitative estimate of drug-likeness (QED) is 0.456. The van der Waals surface area contributed by atoms with Crippen molar-refractivity contribution < 1.29 is 13.9 Å². The Hall–Kier alpha value is -3.98. The Morgan fingerprint density at radius 1 is 1.12 bits per heavy atom. The van der Waals surface area contributed by atoms with Crippen molar-refractivity contribution in [3.05, 3.63) is 103 Å². The van der Waals surface area contributed by atoms with Gasteiger partial charge in [-0.1, -0.05) is 17.7 Å². The smallest absolute Gasteiger partial charge is 0.331 e. The lowest BCUT2D eigenvalue weighted by atomic mass is 10.1. The molecule has 0 atom stereocenters. The molecule has 2 heterocycles. The summed E-state index contributed by atoms with van der Waals surface area (Å²) in [6.45, 7) is 0.139. The zero-order valence-electron chi connectivity index (χ0n) is 18.3. The molecule has 174 valence electrons. The number of benzene rings is 2. The molecule has 0 fully saturated rings. The third-order valence-corrected chi connectivity index (χ3v) is 5.69. The van der Waals surface area contributed by atoms with Crippen LogP contribution >= 0.6 is 11.6 Å². The van der Waals surface area contributed by atoms with Crippen LogP contribution in [0.25, 0.3) is 10.9 Å². The van der Waals surface area contributed by atoms with Crippen LogP contribution in [-0.2, 0) is 20.1 Å². The van der Waals surface area contributed by atoms with Crippen molar-refractivity contribution in [1.29, 1.82) is 0 Å². The van der Waals surface area contributed by atoms with Crippen LogP contribution in [0.4, 0.5) is 4.39 Å². The van der Waals surface area contributed by atoms with E-state index < -0.39 is 17.1 Å². The van der Waals surface area contributed by atoms with Crippen LogP contribution in [0.3, 0.4) is 0 Å². The van der Waals surface area contributed by atoms with Gasteiger partial charge in [-0.25, -0.2) is 14.2 Å². The number of halogens is 2. The molecule has 0 aliphatic rings. The topological polar surface area (TPSA) is 95.2 Å². The van der Waals surface area contributed by atoms with Gasteiger partial charge >= 0.3 is 5.69 Å². The van der Waals surface area contributed by atoms with Crippen molar-refractivity contribution in [3.8, 4) is 5.88 Å². The Labute approximate surface area is 198 Å². The number of nitrogens with one attached hydrogen (secondary N) is 1. The maximum Gasteiger partial charge on any atom is 0.331 e. The molecule has 4 rings (SSSR count). The Kier molecular flexibility index (Phi) is 6.47. The van der Waals surface area contributed by atoms with E-state index in [1.165, 1.54) is 43.0 Å². The molecule has 8 nitrogen and oxygen atoms in total. The van der Waals surface area contributed by atoms with Crippen molar-refractivity contribution in [2.75, 3.05) is 7.11 Å². The number of nitrogens with zero attached hydrogens (tertiary/aromatic N) is 3.